The van der Waals surface area contributed by atoms with Crippen molar-refractivity contribution in [2.75, 3.05) is 36.8 Å². The van der Waals surface area contributed by atoms with Gasteiger partial charge in [-0.05, 0) is 44.0 Å². The maximum Gasteiger partial charge on any atom is 0.228 e. The molecular weight excluding hydrogens is 276 g/mol. The summed E-state index contributed by atoms with van der Waals surface area (Å²) < 4.78 is 0. The normalized spacial score (nSPS) is 19.2. The van der Waals surface area contributed by atoms with Crippen molar-refractivity contribution in [2.24, 2.45) is 0 Å². The molecule has 1 aliphatic rings. The lowest BCUT2D eigenvalue weighted by Gasteiger charge is -2.22. The van der Waals surface area contributed by atoms with Gasteiger partial charge in [-0.3, -0.25) is 4.90 Å². The van der Waals surface area contributed by atoms with Gasteiger partial charge in [0.25, 0.3) is 0 Å². The molecule has 1 aliphatic heterocycles. The monoisotopic (exact) mass is 298 g/mol. The number of anilines is 2. The molecule has 1 atom stereocenters. The Labute approximate surface area is 125 Å². The summed E-state index contributed by atoms with van der Waals surface area (Å²) in [5.41, 5.74) is 0. The lowest BCUT2D eigenvalue weighted by Crippen LogP contribution is -2.35. The zero-order valence-electron chi connectivity index (χ0n) is 12.2. The molecule has 7 heteroatoms. The number of nitrogens with zero attached hydrogens (tertiary/aromatic N) is 4. The van der Waals surface area contributed by atoms with Crippen molar-refractivity contribution in [2.45, 2.75) is 39.2 Å². The SMILES string of the molecule is CCCNc1nc(Cl)nc(NCC2CCCN2CC)n1. The Morgan fingerprint density at radius 3 is 2.65 bits per heavy atom. The van der Waals surface area contributed by atoms with Crippen molar-refractivity contribution in [1.82, 2.24) is 19.9 Å². The molecule has 20 heavy (non-hydrogen) atoms. The molecule has 0 amide bonds. The zero-order valence-corrected chi connectivity index (χ0v) is 12.9. The minimum Gasteiger partial charge on any atom is -0.354 e. The van der Waals surface area contributed by atoms with Crippen molar-refractivity contribution in [3.8, 4) is 0 Å². The van der Waals surface area contributed by atoms with Gasteiger partial charge in [0.05, 0.1) is 0 Å². The van der Waals surface area contributed by atoms with Crippen molar-refractivity contribution in [1.29, 1.82) is 0 Å². The second-order valence-corrected chi connectivity index (χ2v) is 5.32. The summed E-state index contributed by atoms with van der Waals surface area (Å²) in [6, 6.07) is 0.558. The Balaban J connectivity index is 1.93. The summed E-state index contributed by atoms with van der Waals surface area (Å²) in [6.07, 6.45) is 3.50. The number of aromatic nitrogens is 3. The van der Waals surface area contributed by atoms with E-state index in [0.717, 1.165) is 26.1 Å². The molecule has 1 aromatic heterocycles. The number of hydrogen-bond acceptors (Lipinski definition) is 6. The maximum atomic E-state index is 5.93. The van der Waals surface area contributed by atoms with Crippen molar-refractivity contribution < 1.29 is 0 Å². The summed E-state index contributed by atoms with van der Waals surface area (Å²) in [7, 11) is 0. The first kappa shape index (κ1) is 15.3. The predicted molar refractivity (Wildman–Crippen MR) is 82.4 cm³/mol. The molecule has 2 rings (SSSR count). The molecule has 0 saturated carbocycles. The number of rotatable bonds is 7. The standard InChI is InChI=1S/C13H23ClN6/c1-3-7-15-12-17-11(14)18-13(19-12)16-9-10-6-5-8-20(10)4-2/h10H,3-9H2,1-2H3,(H2,15,16,17,18,19). The highest BCUT2D eigenvalue weighted by Crippen LogP contribution is 2.17. The van der Waals surface area contributed by atoms with Crippen LogP contribution in [0.5, 0.6) is 0 Å². The molecule has 1 aromatic rings. The highest BCUT2D eigenvalue weighted by molar-refractivity contribution is 6.28. The molecule has 6 nitrogen and oxygen atoms in total. The van der Waals surface area contributed by atoms with E-state index in [0.29, 0.717) is 17.9 Å². The smallest absolute Gasteiger partial charge is 0.228 e. The number of nitrogens with one attached hydrogen (secondary N) is 2. The van der Waals surface area contributed by atoms with Crippen LogP contribution in [0.3, 0.4) is 0 Å². The van der Waals surface area contributed by atoms with Gasteiger partial charge in [0.1, 0.15) is 0 Å². The summed E-state index contributed by atoms with van der Waals surface area (Å²) >= 11 is 5.93. The van der Waals surface area contributed by atoms with E-state index < -0.39 is 0 Å². The van der Waals surface area contributed by atoms with E-state index in [1.807, 2.05) is 0 Å². The molecule has 1 unspecified atom stereocenters. The van der Waals surface area contributed by atoms with E-state index in [1.54, 1.807) is 0 Å². The van der Waals surface area contributed by atoms with Crippen LogP contribution >= 0.6 is 11.6 Å². The Morgan fingerprint density at radius 2 is 1.95 bits per heavy atom. The fourth-order valence-corrected chi connectivity index (χ4v) is 2.66. The van der Waals surface area contributed by atoms with E-state index in [2.05, 4.69) is 44.3 Å². The fourth-order valence-electron chi connectivity index (χ4n) is 2.50. The van der Waals surface area contributed by atoms with Crippen LogP contribution in [0.2, 0.25) is 5.28 Å². The Bertz CT molecular complexity index is 427. The molecule has 0 radical (unpaired) electrons. The van der Waals surface area contributed by atoms with Gasteiger partial charge in [0, 0.05) is 19.1 Å². The van der Waals surface area contributed by atoms with Crippen LogP contribution in [0, 0.1) is 0 Å². The summed E-state index contributed by atoms with van der Waals surface area (Å²) in [5, 5.41) is 6.63. The van der Waals surface area contributed by atoms with E-state index in [-0.39, 0.29) is 5.28 Å². The number of hydrogen-bond donors (Lipinski definition) is 2. The van der Waals surface area contributed by atoms with Crippen LogP contribution < -0.4 is 10.6 Å². The first-order chi connectivity index (χ1) is 9.72. The van der Waals surface area contributed by atoms with Gasteiger partial charge in [-0.25, -0.2) is 0 Å². The minimum absolute atomic E-state index is 0.222. The van der Waals surface area contributed by atoms with Gasteiger partial charge in [0.2, 0.25) is 17.2 Å². The quantitative estimate of drug-likeness (QED) is 0.805. The molecule has 112 valence electrons. The van der Waals surface area contributed by atoms with Crippen molar-refractivity contribution in [3.63, 3.8) is 0 Å². The zero-order chi connectivity index (χ0) is 14.4. The van der Waals surface area contributed by atoms with Gasteiger partial charge in [-0.2, -0.15) is 15.0 Å². The van der Waals surface area contributed by atoms with E-state index in [1.165, 1.54) is 19.4 Å². The lowest BCUT2D eigenvalue weighted by molar-refractivity contribution is 0.277. The van der Waals surface area contributed by atoms with Crippen LogP contribution in [-0.2, 0) is 0 Å². The maximum absolute atomic E-state index is 5.93. The number of halogens is 1. The molecule has 0 bridgehead atoms. The Kier molecular flexibility index (Phi) is 5.79. The van der Waals surface area contributed by atoms with Gasteiger partial charge < -0.3 is 10.6 Å². The topological polar surface area (TPSA) is 66.0 Å². The number of likely N-dealkylation sites (N-methyl/N-ethyl adjacent to an activating group) is 1. The average Bonchev–Trinajstić information content (AvgIpc) is 2.90. The second-order valence-electron chi connectivity index (χ2n) is 4.98. The lowest BCUT2D eigenvalue weighted by atomic mass is 10.2. The van der Waals surface area contributed by atoms with Gasteiger partial charge in [0.15, 0.2) is 0 Å². The molecule has 1 fully saturated rings. The molecular formula is C13H23ClN6. The third-order valence-corrected chi connectivity index (χ3v) is 3.71. The Morgan fingerprint density at radius 1 is 1.20 bits per heavy atom. The van der Waals surface area contributed by atoms with E-state index in [4.69, 9.17) is 11.6 Å². The minimum atomic E-state index is 0.222. The predicted octanol–water partition coefficient (Wildman–Crippen LogP) is 2.24. The van der Waals surface area contributed by atoms with Gasteiger partial charge in [-0.1, -0.05) is 13.8 Å². The first-order valence-electron chi connectivity index (χ1n) is 7.36. The summed E-state index contributed by atoms with van der Waals surface area (Å²) in [4.78, 5) is 15.0. The second kappa shape index (κ2) is 7.59. The highest BCUT2D eigenvalue weighted by Gasteiger charge is 2.22. The van der Waals surface area contributed by atoms with Crippen molar-refractivity contribution in [3.05, 3.63) is 5.28 Å². The Hall–Kier alpha value is -1.14. The molecule has 2 heterocycles. The van der Waals surface area contributed by atoms with Crippen LogP contribution in [0.4, 0.5) is 11.9 Å². The summed E-state index contributed by atoms with van der Waals surface area (Å²) in [6.45, 7) is 8.24. The van der Waals surface area contributed by atoms with Crippen LogP contribution in [0.25, 0.3) is 0 Å². The molecule has 0 aromatic carbocycles. The third-order valence-electron chi connectivity index (χ3n) is 3.54. The van der Waals surface area contributed by atoms with Crippen LogP contribution in [0.15, 0.2) is 0 Å². The van der Waals surface area contributed by atoms with Crippen LogP contribution in [-0.4, -0.2) is 52.1 Å². The van der Waals surface area contributed by atoms with E-state index >= 15 is 0 Å². The fraction of sp³-hybridized carbons (Fsp3) is 0.769. The number of likely N-dealkylation sites (tertiary alicyclic amines) is 1. The molecule has 0 aliphatic carbocycles. The van der Waals surface area contributed by atoms with Gasteiger partial charge >= 0.3 is 0 Å². The van der Waals surface area contributed by atoms with E-state index in [9.17, 15) is 0 Å². The average molecular weight is 299 g/mol. The highest BCUT2D eigenvalue weighted by atomic mass is 35.5. The van der Waals surface area contributed by atoms with Crippen LogP contribution in [0.1, 0.15) is 33.1 Å². The van der Waals surface area contributed by atoms with Crippen molar-refractivity contribution >= 4 is 23.5 Å². The third kappa shape index (κ3) is 4.18. The molecule has 0 spiro atoms. The largest absolute Gasteiger partial charge is 0.354 e. The first-order valence-corrected chi connectivity index (χ1v) is 7.74. The molecule has 2 N–H and O–H groups in total. The van der Waals surface area contributed by atoms with Gasteiger partial charge in [-0.15, -0.1) is 0 Å². The molecule has 1 saturated heterocycles. The summed E-state index contributed by atoms with van der Waals surface area (Å²) in [5.74, 6) is 1.08.